The van der Waals surface area contributed by atoms with Crippen LogP contribution in [0.2, 0.25) is 0 Å². The molecular formula is C16H24N2O3. The molecular weight excluding hydrogens is 268 g/mol. The molecule has 1 aromatic rings. The summed E-state index contributed by atoms with van der Waals surface area (Å²) in [4.78, 5) is 14.6. The van der Waals surface area contributed by atoms with Crippen LogP contribution in [0, 0.1) is 0 Å². The van der Waals surface area contributed by atoms with E-state index < -0.39 is 5.54 Å². The molecule has 0 spiro atoms. The lowest BCUT2D eigenvalue weighted by Crippen LogP contribution is -2.58. The van der Waals surface area contributed by atoms with Crippen LogP contribution in [0.4, 0.5) is 0 Å². The van der Waals surface area contributed by atoms with Crippen molar-refractivity contribution in [1.29, 1.82) is 0 Å². The van der Waals surface area contributed by atoms with Gasteiger partial charge in [-0.15, -0.1) is 0 Å². The van der Waals surface area contributed by atoms with Gasteiger partial charge in [0.05, 0.1) is 12.1 Å². The molecule has 2 N–H and O–H groups in total. The first-order chi connectivity index (χ1) is 10.2. The number of methoxy groups -OCH3 is 1. The molecule has 0 aliphatic carbocycles. The number of nitrogens with two attached hydrogens (primary N) is 1. The van der Waals surface area contributed by atoms with Gasteiger partial charge in [-0.05, 0) is 18.4 Å². The molecule has 1 amide bonds. The van der Waals surface area contributed by atoms with Crippen molar-refractivity contribution in [2.24, 2.45) is 5.73 Å². The van der Waals surface area contributed by atoms with Gasteiger partial charge >= 0.3 is 0 Å². The van der Waals surface area contributed by atoms with E-state index in [-0.39, 0.29) is 5.91 Å². The standard InChI is InChI=1S/C16H24N2O3/c1-20-12-9-18(13-14-5-3-2-4-6-14)15(19)16(17)7-10-21-11-8-16/h2-6H,7-13,17H2,1H3. The predicted molar refractivity (Wildman–Crippen MR) is 80.7 cm³/mol. The Labute approximate surface area is 126 Å². The zero-order chi connectivity index (χ0) is 15.1. The highest BCUT2D eigenvalue weighted by atomic mass is 16.5. The van der Waals surface area contributed by atoms with E-state index in [1.165, 1.54) is 0 Å². The van der Waals surface area contributed by atoms with Crippen LogP contribution in [-0.2, 0) is 20.8 Å². The molecule has 1 aliphatic rings. The van der Waals surface area contributed by atoms with E-state index in [9.17, 15) is 4.79 Å². The fourth-order valence-corrected chi connectivity index (χ4v) is 2.52. The maximum absolute atomic E-state index is 12.8. The van der Waals surface area contributed by atoms with Crippen LogP contribution in [0.25, 0.3) is 0 Å². The average Bonchev–Trinajstić information content (AvgIpc) is 2.52. The number of nitrogens with zero attached hydrogens (tertiary/aromatic N) is 1. The average molecular weight is 292 g/mol. The first kappa shape index (κ1) is 15.9. The Balaban J connectivity index is 2.09. The summed E-state index contributed by atoms with van der Waals surface area (Å²) in [6.07, 6.45) is 1.15. The minimum Gasteiger partial charge on any atom is -0.383 e. The minimum atomic E-state index is -0.805. The van der Waals surface area contributed by atoms with Crippen LogP contribution in [0.15, 0.2) is 30.3 Å². The molecule has 116 valence electrons. The molecule has 0 aromatic heterocycles. The number of benzene rings is 1. The van der Waals surface area contributed by atoms with E-state index >= 15 is 0 Å². The van der Waals surface area contributed by atoms with E-state index in [1.807, 2.05) is 30.3 Å². The molecule has 5 nitrogen and oxygen atoms in total. The third-order valence-corrected chi connectivity index (χ3v) is 3.88. The van der Waals surface area contributed by atoms with Crippen molar-refractivity contribution in [2.75, 3.05) is 33.5 Å². The molecule has 0 radical (unpaired) electrons. The van der Waals surface area contributed by atoms with Gasteiger partial charge in [-0.1, -0.05) is 30.3 Å². The Morgan fingerprint density at radius 2 is 2.00 bits per heavy atom. The van der Waals surface area contributed by atoms with Crippen LogP contribution in [-0.4, -0.2) is 49.8 Å². The summed E-state index contributed by atoms with van der Waals surface area (Å²) in [5.41, 5.74) is 6.61. The van der Waals surface area contributed by atoms with Gasteiger partial charge in [0.15, 0.2) is 0 Å². The fourth-order valence-electron chi connectivity index (χ4n) is 2.52. The highest BCUT2D eigenvalue weighted by Crippen LogP contribution is 2.21. The van der Waals surface area contributed by atoms with E-state index in [0.29, 0.717) is 45.8 Å². The molecule has 0 atom stereocenters. The van der Waals surface area contributed by atoms with Crippen molar-refractivity contribution in [2.45, 2.75) is 24.9 Å². The summed E-state index contributed by atoms with van der Waals surface area (Å²) in [5.74, 6) is -0.00768. The molecule has 2 rings (SSSR count). The molecule has 1 fully saturated rings. The van der Waals surface area contributed by atoms with Gasteiger partial charge in [-0.25, -0.2) is 0 Å². The number of hydrogen-bond donors (Lipinski definition) is 1. The zero-order valence-corrected chi connectivity index (χ0v) is 12.6. The second-order valence-electron chi connectivity index (χ2n) is 5.47. The van der Waals surface area contributed by atoms with Crippen LogP contribution in [0.3, 0.4) is 0 Å². The van der Waals surface area contributed by atoms with E-state index in [0.717, 1.165) is 5.56 Å². The fraction of sp³-hybridized carbons (Fsp3) is 0.562. The number of amides is 1. The molecule has 1 saturated heterocycles. The van der Waals surface area contributed by atoms with Gasteiger partial charge < -0.3 is 20.1 Å². The number of carbonyl (C=O) groups excluding carboxylic acids is 1. The summed E-state index contributed by atoms with van der Waals surface area (Å²) in [6, 6.07) is 9.94. The van der Waals surface area contributed by atoms with Crippen LogP contribution >= 0.6 is 0 Å². The smallest absolute Gasteiger partial charge is 0.243 e. The van der Waals surface area contributed by atoms with Crippen LogP contribution < -0.4 is 5.73 Å². The maximum atomic E-state index is 12.8. The Kier molecular flexibility index (Phi) is 5.73. The van der Waals surface area contributed by atoms with Gasteiger partial charge in [0.25, 0.3) is 0 Å². The lowest BCUT2D eigenvalue weighted by Gasteiger charge is -2.36. The van der Waals surface area contributed by atoms with E-state index in [1.54, 1.807) is 12.0 Å². The van der Waals surface area contributed by atoms with Crippen LogP contribution in [0.5, 0.6) is 0 Å². The lowest BCUT2D eigenvalue weighted by molar-refractivity contribution is -0.141. The van der Waals surface area contributed by atoms with E-state index in [4.69, 9.17) is 15.2 Å². The summed E-state index contributed by atoms with van der Waals surface area (Å²) in [5, 5.41) is 0. The zero-order valence-electron chi connectivity index (χ0n) is 12.6. The molecule has 1 heterocycles. The van der Waals surface area contributed by atoms with Crippen LogP contribution in [0.1, 0.15) is 18.4 Å². The number of rotatable bonds is 6. The summed E-state index contributed by atoms with van der Waals surface area (Å²) in [7, 11) is 1.64. The molecule has 21 heavy (non-hydrogen) atoms. The van der Waals surface area contributed by atoms with Crippen molar-refractivity contribution in [3.63, 3.8) is 0 Å². The minimum absolute atomic E-state index is 0.00768. The molecule has 0 bridgehead atoms. The first-order valence-corrected chi connectivity index (χ1v) is 7.34. The predicted octanol–water partition coefficient (Wildman–Crippen LogP) is 1.17. The SMILES string of the molecule is COCCN(Cc1ccccc1)C(=O)C1(N)CCOCC1. The monoisotopic (exact) mass is 292 g/mol. The first-order valence-electron chi connectivity index (χ1n) is 7.34. The number of ether oxygens (including phenoxy) is 2. The van der Waals surface area contributed by atoms with Crippen molar-refractivity contribution >= 4 is 5.91 Å². The molecule has 0 unspecified atom stereocenters. The van der Waals surface area contributed by atoms with Gasteiger partial charge in [0.2, 0.25) is 5.91 Å². The van der Waals surface area contributed by atoms with Crippen molar-refractivity contribution in [1.82, 2.24) is 4.90 Å². The van der Waals surface area contributed by atoms with Gasteiger partial charge in [-0.2, -0.15) is 0 Å². The van der Waals surface area contributed by atoms with Gasteiger partial charge in [0.1, 0.15) is 0 Å². The number of carbonyl (C=O) groups is 1. The molecule has 0 saturated carbocycles. The largest absolute Gasteiger partial charge is 0.383 e. The number of hydrogen-bond acceptors (Lipinski definition) is 4. The quantitative estimate of drug-likeness (QED) is 0.855. The Morgan fingerprint density at radius 3 is 2.62 bits per heavy atom. The maximum Gasteiger partial charge on any atom is 0.243 e. The van der Waals surface area contributed by atoms with Gasteiger partial charge in [0, 0.05) is 33.4 Å². The molecule has 5 heteroatoms. The highest BCUT2D eigenvalue weighted by Gasteiger charge is 2.38. The Morgan fingerprint density at radius 1 is 1.33 bits per heavy atom. The van der Waals surface area contributed by atoms with Crippen molar-refractivity contribution < 1.29 is 14.3 Å². The second-order valence-corrected chi connectivity index (χ2v) is 5.47. The Bertz CT molecular complexity index is 444. The molecule has 1 aromatic carbocycles. The summed E-state index contributed by atoms with van der Waals surface area (Å²) >= 11 is 0. The molecule has 1 aliphatic heterocycles. The van der Waals surface area contributed by atoms with Crippen molar-refractivity contribution in [3.8, 4) is 0 Å². The summed E-state index contributed by atoms with van der Waals surface area (Å²) < 4.78 is 10.4. The van der Waals surface area contributed by atoms with Crippen molar-refractivity contribution in [3.05, 3.63) is 35.9 Å². The normalized spacial score (nSPS) is 17.4. The third kappa shape index (κ3) is 4.27. The second kappa shape index (κ2) is 7.54. The third-order valence-electron chi connectivity index (χ3n) is 3.88. The van der Waals surface area contributed by atoms with Gasteiger partial charge in [-0.3, -0.25) is 4.79 Å². The Hall–Kier alpha value is -1.43. The topological polar surface area (TPSA) is 64.8 Å². The highest BCUT2D eigenvalue weighted by molar-refractivity contribution is 5.86. The lowest BCUT2D eigenvalue weighted by atomic mass is 9.89. The van der Waals surface area contributed by atoms with E-state index in [2.05, 4.69) is 0 Å². The summed E-state index contributed by atoms with van der Waals surface area (Å²) in [6.45, 7) is 2.70.